The number of rotatable bonds is 5. The number of aromatic carboxylic acids is 1. The lowest BCUT2D eigenvalue weighted by molar-refractivity contribution is 0.0690. The van der Waals surface area contributed by atoms with Crippen LogP contribution in [-0.2, 0) is 4.74 Å². The summed E-state index contributed by atoms with van der Waals surface area (Å²) in [4.78, 5) is 23.8. The number of hydrogen-bond donors (Lipinski definition) is 2. The molecule has 0 saturated heterocycles. The van der Waals surface area contributed by atoms with Gasteiger partial charge >= 0.3 is 12.1 Å². The highest BCUT2D eigenvalue weighted by Crippen LogP contribution is 2.44. The van der Waals surface area contributed by atoms with Crippen molar-refractivity contribution in [3.8, 4) is 11.1 Å². The number of benzene rings is 2. The van der Waals surface area contributed by atoms with Crippen LogP contribution < -0.4 is 5.32 Å². The zero-order valence-corrected chi connectivity index (χ0v) is 17.5. The molecule has 0 aliphatic heterocycles. The minimum atomic E-state index is -1.12. The average Bonchev–Trinajstić information content (AvgIpc) is 3.42. The van der Waals surface area contributed by atoms with Gasteiger partial charge in [-0.1, -0.05) is 66.6 Å². The summed E-state index contributed by atoms with van der Waals surface area (Å²) in [5.74, 6) is -1.11. The van der Waals surface area contributed by atoms with Crippen LogP contribution in [0.15, 0.2) is 54.7 Å². The molecular formula is C24H24N4O4. The summed E-state index contributed by atoms with van der Waals surface area (Å²) in [6, 6.07) is 16.1. The molecule has 3 aromatic rings. The van der Waals surface area contributed by atoms with Crippen molar-refractivity contribution in [2.45, 2.75) is 43.7 Å². The van der Waals surface area contributed by atoms with Crippen LogP contribution in [-0.4, -0.2) is 44.8 Å². The number of aromatic nitrogens is 3. The van der Waals surface area contributed by atoms with E-state index in [0.717, 1.165) is 25.7 Å². The summed E-state index contributed by atoms with van der Waals surface area (Å²) >= 11 is 0. The van der Waals surface area contributed by atoms with E-state index in [1.165, 1.54) is 28.5 Å². The van der Waals surface area contributed by atoms with Crippen LogP contribution in [0.3, 0.4) is 0 Å². The van der Waals surface area contributed by atoms with Crippen molar-refractivity contribution in [2.24, 2.45) is 0 Å². The molecule has 0 unspecified atom stereocenters. The van der Waals surface area contributed by atoms with Gasteiger partial charge in [0.15, 0.2) is 5.69 Å². The molecule has 1 amide bonds. The maximum absolute atomic E-state index is 12.7. The van der Waals surface area contributed by atoms with Gasteiger partial charge in [0, 0.05) is 5.92 Å². The second-order valence-corrected chi connectivity index (χ2v) is 8.32. The molecule has 2 aromatic carbocycles. The minimum absolute atomic E-state index is 0.00347. The molecule has 8 nitrogen and oxygen atoms in total. The topological polar surface area (TPSA) is 106 Å². The van der Waals surface area contributed by atoms with Crippen LogP contribution in [0.25, 0.3) is 11.1 Å². The van der Waals surface area contributed by atoms with Crippen LogP contribution in [0.4, 0.5) is 4.79 Å². The van der Waals surface area contributed by atoms with Gasteiger partial charge in [-0.15, -0.1) is 5.10 Å². The summed E-state index contributed by atoms with van der Waals surface area (Å²) in [5.41, 5.74) is 4.60. The number of alkyl carbamates (subject to hydrolysis) is 1. The molecule has 0 bridgehead atoms. The van der Waals surface area contributed by atoms with Gasteiger partial charge in [0.25, 0.3) is 0 Å². The van der Waals surface area contributed by atoms with E-state index in [0.29, 0.717) is 0 Å². The first kappa shape index (κ1) is 20.2. The summed E-state index contributed by atoms with van der Waals surface area (Å²) in [5, 5.41) is 19.8. The highest BCUT2D eigenvalue weighted by atomic mass is 16.5. The Bertz CT molecular complexity index is 1110. The Hall–Kier alpha value is -3.68. The monoisotopic (exact) mass is 432 g/mol. The number of carbonyl (C=O) groups excluding carboxylic acids is 1. The number of hydrogen-bond acceptors (Lipinski definition) is 5. The molecule has 2 atom stereocenters. The second kappa shape index (κ2) is 8.45. The fourth-order valence-electron chi connectivity index (χ4n) is 4.92. The van der Waals surface area contributed by atoms with Crippen molar-refractivity contribution in [2.75, 3.05) is 6.61 Å². The van der Waals surface area contributed by atoms with Gasteiger partial charge in [0.05, 0.1) is 18.3 Å². The Balaban J connectivity index is 1.27. The van der Waals surface area contributed by atoms with Gasteiger partial charge in [-0.3, -0.25) is 0 Å². The van der Waals surface area contributed by atoms with Gasteiger partial charge in [-0.25, -0.2) is 14.3 Å². The molecule has 5 rings (SSSR count). The maximum atomic E-state index is 12.7. The molecule has 0 spiro atoms. The molecule has 1 fully saturated rings. The lowest BCUT2D eigenvalue weighted by Gasteiger charge is -2.31. The van der Waals surface area contributed by atoms with Crippen molar-refractivity contribution >= 4 is 12.1 Å². The maximum Gasteiger partial charge on any atom is 0.407 e. The van der Waals surface area contributed by atoms with Gasteiger partial charge in [0.2, 0.25) is 0 Å². The van der Waals surface area contributed by atoms with E-state index in [2.05, 4.69) is 39.9 Å². The van der Waals surface area contributed by atoms with Crippen LogP contribution >= 0.6 is 0 Å². The number of ether oxygens (including phenoxy) is 1. The highest BCUT2D eigenvalue weighted by molar-refractivity contribution is 5.84. The summed E-state index contributed by atoms with van der Waals surface area (Å²) < 4.78 is 7.23. The largest absolute Gasteiger partial charge is 0.476 e. The Kier molecular flexibility index (Phi) is 5.34. The van der Waals surface area contributed by atoms with E-state index in [9.17, 15) is 9.59 Å². The van der Waals surface area contributed by atoms with Crippen molar-refractivity contribution in [1.29, 1.82) is 0 Å². The Morgan fingerprint density at radius 2 is 1.69 bits per heavy atom. The van der Waals surface area contributed by atoms with Crippen molar-refractivity contribution < 1.29 is 19.4 Å². The molecule has 1 heterocycles. The average molecular weight is 432 g/mol. The third-order valence-corrected chi connectivity index (χ3v) is 6.45. The number of fused-ring (bicyclic) bond motifs is 3. The fourth-order valence-corrected chi connectivity index (χ4v) is 4.92. The van der Waals surface area contributed by atoms with Gasteiger partial charge < -0.3 is 15.2 Å². The zero-order chi connectivity index (χ0) is 22.1. The van der Waals surface area contributed by atoms with Crippen molar-refractivity contribution in [3.05, 3.63) is 71.5 Å². The molecule has 8 heteroatoms. The Morgan fingerprint density at radius 1 is 1.03 bits per heavy atom. The lowest BCUT2D eigenvalue weighted by atomic mass is 9.90. The number of nitrogens with zero attached hydrogens (tertiary/aromatic N) is 3. The van der Waals surface area contributed by atoms with E-state index < -0.39 is 12.1 Å². The number of amides is 1. The van der Waals surface area contributed by atoms with E-state index >= 15 is 0 Å². The predicted molar refractivity (Wildman–Crippen MR) is 116 cm³/mol. The van der Waals surface area contributed by atoms with Gasteiger partial charge in [0.1, 0.15) is 6.61 Å². The fraction of sp³-hybridized carbons (Fsp3) is 0.333. The molecule has 0 radical (unpaired) electrons. The first-order valence-corrected chi connectivity index (χ1v) is 10.9. The third-order valence-electron chi connectivity index (χ3n) is 6.45. The SMILES string of the molecule is O=C(N[C@@H]1CCCC[C@@H]1n1cc(C(=O)O)nn1)OCC1c2ccccc2-c2ccccc21. The highest BCUT2D eigenvalue weighted by Gasteiger charge is 2.32. The van der Waals surface area contributed by atoms with Crippen molar-refractivity contribution in [3.63, 3.8) is 0 Å². The number of carboxylic acids is 1. The van der Waals surface area contributed by atoms with E-state index in [-0.39, 0.29) is 30.3 Å². The summed E-state index contributed by atoms with van der Waals surface area (Å²) in [6.45, 7) is 0.254. The molecule has 32 heavy (non-hydrogen) atoms. The van der Waals surface area contributed by atoms with Crippen LogP contribution in [0.2, 0.25) is 0 Å². The second-order valence-electron chi connectivity index (χ2n) is 8.32. The summed E-state index contributed by atoms with van der Waals surface area (Å²) in [6.07, 6.45) is 4.47. The Morgan fingerprint density at radius 3 is 2.34 bits per heavy atom. The smallest absolute Gasteiger partial charge is 0.407 e. The summed E-state index contributed by atoms with van der Waals surface area (Å²) in [7, 11) is 0. The third kappa shape index (κ3) is 3.72. The van der Waals surface area contributed by atoms with E-state index in [1.807, 2.05) is 24.3 Å². The first-order valence-electron chi connectivity index (χ1n) is 10.9. The number of carbonyl (C=O) groups is 2. The van der Waals surface area contributed by atoms with Crippen LogP contribution in [0, 0.1) is 0 Å². The standard InChI is InChI=1S/C24H24N4O4/c29-23(30)21-13-28(27-26-21)22-12-6-5-11-20(22)25-24(31)32-14-19-17-9-3-1-7-15(17)16-8-2-4-10-18(16)19/h1-4,7-10,13,19-20,22H,5-6,11-12,14H2,(H,25,31)(H,29,30)/t20-,22+/m1/s1. The number of carboxylic acid groups (broad SMARTS) is 1. The molecule has 2 N–H and O–H groups in total. The minimum Gasteiger partial charge on any atom is -0.476 e. The molecule has 2 aliphatic rings. The molecule has 164 valence electrons. The molecule has 2 aliphatic carbocycles. The van der Waals surface area contributed by atoms with Crippen LogP contribution in [0.1, 0.15) is 59.3 Å². The van der Waals surface area contributed by atoms with Crippen LogP contribution in [0.5, 0.6) is 0 Å². The quantitative estimate of drug-likeness (QED) is 0.631. The molecule has 1 aromatic heterocycles. The van der Waals surface area contributed by atoms with Gasteiger partial charge in [-0.2, -0.15) is 0 Å². The zero-order valence-electron chi connectivity index (χ0n) is 17.5. The first-order chi connectivity index (χ1) is 15.6. The lowest BCUT2D eigenvalue weighted by Crippen LogP contribution is -2.43. The predicted octanol–water partition coefficient (Wildman–Crippen LogP) is 4.00. The Labute approximate surface area is 185 Å². The van der Waals surface area contributed by atoms with E-state index in [4.69, 9.17) is 9.84 Å². The van der Waals surface area contributed by atoms with Crippen molar-refractivity contribution in [1.82, 2.24) is 20.3 Å². The van der Waals surface area contributed by atoms with E-state index in [1.54, 1.807) is 4.68 Å². The molecular weight excluding hydrogens is 408 g/mol. The molecule has 1 saturated carbocycles. The number of nitrogens with one attached hydrogen (secondary N) is 1. The normalized spacial score (nSPS) is 19.8. The van der Waals surface area contributed by atoms with Gasteiger partial charge in [-0.05, 0) is 35.1 Å².